The number of anilines is 1. The van der Waals surface area contributed by atoms with Crippen LogP contribution >= 0.6 is 11.3 Å². The molecule has 0 aliphatic heterocycles. The number of amides is 1. The first-order valence-electron chi connectivity index (χ1n) is 8.48. The van der Waals surface area contributed by atoms with Crippen LogP contribution in [0.1, 0.15) is 31.6 Å². The van der Waals surface area contributed by atoms with Gasteiger partial charge in [0.25, 0.3) is 11.5 Å². The van der Waals surface area contributed by atoms with Crippen molar-refractivity contribution < 1.29 is 18.7 Å². The number of furan rings is 1. The van der Waals surface area contributed by atoms with E-state index in [1.54, 1.807) is 31.2 Å². The highest BCUT2D eigenvalue weighted by molar-refractivity contribution is 7.16. The summed E-state index contributed by atoms with van der Waals surface area (Å²) in [5, 5.41) is 7.17. The maximum atomic E-state index is 12.5. The molecule has 0 saturated carbocycles. The van der Waals surface area contributed by atoms with Crippen LogP contribution < -0.4 is 10.9 Å². The normalized spacial score (nSPS) is 10.8. The standard InChI is InChI=1S/C19H14N4O5S/c1-11-9-16(24)23-19(20-11)29-15(22-23)10-28-18(26)12-5-2-3-6-13(12)21-17(25)14-7-4-8-27-14/h2-9H,10H2,1H3,(H,21,25). The molecular weight excluding hydrogens is 396 g/mol. The minimum Gasteiger partial charge on any atom is -0.459 e. The molecule has 3 heterocycles. The number of para-hydroxylation sites is 1. The predicted molar refractivity (Wildman–Crippen MR) is 104 cm³/mol. The van der Waals surface area contributed by atoms with Gasteiger partial charge >= 0.3 is 5.97 Å². The fourth-order valence-corrected chi connectivity index (χ4v) is 3.44. The molecule has 9 nitrogen and oxygen atoms in total. The van der Waals surface area contributed by atoms with Crippen molar-refractivity contribution in [3.8, 4) is 0 Å². The lowest BCUT2D eigenvalue weighted by Gasteiger charge is -2.09. The summed E-state index contributed by atoms with van der Waals surface area (Å²) < 4.78 is 11.5. The number of carbonyl (C=O) groups excluding carboxylic acids is 2. The van der Waals surface area contributed by atoms with Gasteiger partial charge in [0.1, 0.15) is 6.61 Å². The number of aryl methyl sites for hydroxylation is 1. The number of fused-ring (bicyclic) bond motifs is 1. The second kappa shape index (κ2) is 7.68. The number of esters is 1. The van der Waals surface area contributed by atoms with Gasteiger partial charge in [-0.05, 0) is 31.2 Å². The van der Waals surface area contributed by atoms with Gasteiger partial charge in [-0.25, -0.2) is 9.78 Å². The van der Waals surface area contributed by atoms with E-state index in [4.69, 9.17) is 9.15 Å². The number of hydrogen-bond acceptors (Lipinski definition) is 8. The van der Waals surface area contributed by atoms with Gasteiger partial charge in [-0.15, -0.1) is 0 Å². The van der Waals surface area contributed by atoms with Crippen LogP contribution in [0.5, 0.6) is 0 Å². The van der Waals surface area contributed by atoms with E-state index < -0.39 is 11.9 Å². The Morgan fingerprint density at radius 3 is 2.86 bits per heavy atom. The van der Waals surface area contributed by atoms with Crippen molar-refractivity contribution in [3.05, 3.63) is 81.1 Å². The monoisotopic (exact) mass is 410 g/mol. The predicted octanol–water partition coefficient (Wildman–Crippen LogP) is 2.66. The van der Waals surface area contributed by atoms with E-state index in [9.17, 15) is 14.4 Å². The molecule has 4 rings (SSSR count). The lowest BCUT2D eigenvalue weighted by molar-refractivity contribution is 0.0472. The van der Waals surface area contributed by atoms with Crippen LogP contribution in [0.15, 0.2) is 57.9 Å². The Kier molecular flexibility index (Phi) is 4.92. The van der Waals surface area contributed by atoms with E-state index in [2.05, 4.69) is 15.4 Å². The molecule has 146 valence electrons. The van der Waals surface area contributed by atoms with E-state index in [1.165, 1.54) is 29.0 Å². The van der Waals surface area contributed by atoms with E-state index in [1.807, 2.05) is 0 Å². The van der Waals surface area contributed by atoms with Gasteiger partial charge in [-0.3, -0.25) is 9.59 Å². The molecule has 0 atom stereocenters. The molecule has 0 unspecified atom stereocenters. The highest BCUT2D eigenvalue weighted by Gasteiger charge is 2.17. The maximum absolute atomic E-state index is 12.5. The molecule has 0 spiro atoms. The quantitative estimate of drug-likeness (QED) is 0.503. The molecule has 0 aliphatic rings. The lowest BCUT2D eigenvalue weighted by atomic mass is 10.1. The van der Waals surface area contributed by atoms with Crippen LogP contribution in [-0.2, 0) is 11.3 Å². The van der Waals surface area contributed by atoms with Gasteiger partial charge < -0.3 is 14.5 Å². The molecule has 1 aromatic carbocycles. The number of aromatic nitrogens is 3. The highest BCUT2D eigenvalue weighted by Crippen LogP contribution is 2.19. The zero-order valence-corrected chi connectivity index (χ0v) is 15.9. The molecule has 10 heteroatoms. The smallest absolute Gasteiger partial charge is 0.340 e. The molecule has 0 aliphatic carbocycles. The minimum absolute atomic E-state index is 0.121. The van der Waals surface area contributed by atoms with Crippen molar-refractivity contribution in [3.63, 3.8) is 0 Å². The van der Waals surface area contributed by atoms with E-state index in [0.717, 1.165) is 11.3 Å². The van der Waals surface area contributed by atoms with Gasteiger partial charge in [0, 0.05) is 11.8 Å². The van der Waals surface area contributed by atoms with E-state index >= 15 is 0 Å². The summed E-state index contributed by atoms with van der Waals surface area (Å²) in [5.41, 5.74) is 0.757. The van der Waals surface area contributed by atoms with Crippen LogP contribution in [0, 0.1) is 6.92 Å². The number of benzene rings is 1. The first-order valence-corrected chi connectivity index (χ1v) is 9.30. The molecule has 3 aromatic heterocycles. The molecule has 0 radical (unpaired) electrons. The Bertz CT molecular complexity index is 1260. The summed E-state index contributed by atoms with van der Waals surface area (Å²) in [7, 11) is 0. The zero-order valence-electron chi connectivity index (χ0n) is 15.1. The molecule has 1 N–H and O–H groups in total. The number of ether oxygens (including phenoxy) is 1. The number of nitrogens with one attached hydrogen (secondary N) is 1. The van der Waals surface area contributed by atoms with Gasteiger partial charge in [0.15, 0.2) is 10.8 Å². The third-order valence-corrected chi connectivity index (χ3v) is 4.76. The van der Waals surface area contributed by atoms with Crippen molar-refractivity contribution in [2.24, 2.45) is 0 Å². The molecule has 29 heavy (non-hydrogen) atoms. The Labute approximate surface area is 167 Å². The summed E-state index contributed by atoms with van der Waals surface area (Å²) in [6, 6.07) is 10.9. The average Bonchev–Trinajstić information content (AvgIpc) is 3.36. The maximum Gasteiger partial charge on any atom is 0.340 e. The lowest BCUT2D eigenvalue weighted by Crippen LogP contribution is -2.16. The third kappa shape index (κ3) is 3.92. The van der Waals surface area contributed by atoms with Gasteiger partial charge in [-0.2, -0.15) is 9.61 Å². The summed E-state index contributed by atoms with van der Waals surface area (Å²) in [6.07, 6.45) is 1.38. The van der Waals surface area contributed by atoms with Crippen molar-refractivity contribution in [2.45, 2.75) is 13.5 Å². The van der Waals surface area contributed by atoms with Crippen molar-refractivity contribution in [2.75, 3.05) is 5.32 Å². The number of carbonyl (C=O) groups is 2. The van der Waals surface area contributed by atoms with Crippen LogP contribution in [0.3, 0.4) is 0 Å². The number of nitrogens with zero attached hydrogens (tertiary/aromatic N) is 3. The van der Waals surface area contributed by atoms with E-state index in [0.29, 0.717) is 15.7 Å². The number of rotatable bonds is 5. The van der Waals surface area contributed by atoms with Crippen molar-refractivity contribution >= 4 is 33.9 Å². The first-order chi connectivity index (χ1) is 14.0. The summed E-state index contributed by atoms with van der Waals surface area (Å²) >= 11 is 1.16. The Morgan fingerprint density at radius 1 is 1.24 bits per heavy atom. The minimum atomic E-state index is -0.643. The fraction of sp³-hybridized carbons (Fsp3) is 0.105. The van der Waals surface area contributed by atoms with Crippen LogP contribution in [-0.4, -0.2) is 26.5 Å². The summed E-state index contributed by atoms with van der Waals surface area (Å²) in [6.45, 7) is 1.58. The topological polar surface area (TPSA) is 116 Å². The molecule has 4 aromatic rings. The zero-order chi connectivity index (χ0) is 20.4. The average molecular weight is 410 g/mol. The molecule has 0 bridgehead atoms. The Balaban J connectivity index is 1.50. The summed E-state index contributed by atoms with van der Waals surface area (Å²) in [4.78, 5) is 41.3. The van der Waals surface area contributed by atoms with Gasteiger partial charge in [0.05, 0.1) is 17.5 Å². The fourth-order valence-electron chi connectivity index (χ4n) is 2.59. The van der Waals surface area contributed by atoms with Gasteiger partial charge in [-0.1, -0.05) is 23.5 Å². The second-order valence-electron chi connectivity index (χ2n) is 5.98. The van der Waals surface area contributed by atoms with Crippen LogP contribution in [0.2, 0.25) is 0 Å². The SMILES string of the molecule is Cc1cc(=O)n2nc(COC(=O)c3ccccc3NC(=O)c3ccco3)sc2n1. The van der Waals surface area contributed by atoms with Gasteiger partial charge in [0.2, 0.25) is 4.96 Å². The second-order valence-corrected chi connectivity index (χ2v) is 7.02. The van der Waals surface area contributed by atoms with Crippen molar-refractivity contribution in [1.82, 2.24) is 14.6 Å². The Hall–Kier alpha value is -3.79. The van der Waals surface area contributed by atoms with Crippen LogP contribution in [0.4, 0.5) is 5.69 Å². The Morgan fingerprint density at radius 2 is 2.07 bits per heavy atom. The first kappa shape index (κ1) is 18.6. The number of hydrogen-bond donors (Lipinski definition) is 1. The third-order valence-electron chi connectivity index (χ3n) is 3.88. The molecule has 0 saturated heterocycles. The van der Waals surface area contributed by atoms with Crippen LogP contribution in [0.25, 0.3) is 4.96 Å². The van der Waals surface area contributed by atoms with Crippen molar-refractivity contribution in [1.29, 1.82) is 0 Å². The largest absolute Gasteiger partial charge is 0.459 e. The summed E-state index contributed by atoms with van der Waals surface area (Å²) in [5.74, 6) is -1.01. The molecular formula is C19H14N4O5S. The molecule has 1 amide bonds. The van der Waals surface area contributed by atoms with E-state index in [-0.39, 0.29) is 29.2 Å². The highest BCUT2D eigenvalue weighted by atomic mass is 32.1. The molecule has 0 fully saturated rings.